The van der Waals surface area contributed by atoms with Crippen LogP contribution in [0.15, 0.2) is 77.8 Å². The minimum Gasteiger partial charge on any atom is -0.496 e. The van der Waals surface area contributed by atoms with E-state index in [0.29, 0.717) is 24.6 Å². The lowest BCUT2D eigenvalue weighted by Crippen LogP contribution is -2.30. The summed E-state index contributed by atoms with van der Waals surface area (Å²) in [6, 6.07) is 17.8. The maximum atomic E-state index is 12.7. The molecule has 198 valence electrons. The van der Waals surface area contributed by atoms with Crippen molar-refractivity contribution < 1.29 is 27.5 Å². The molecule has 0 aliphatic heterocycles. The van der Waals surface area contributed by atoms with Crippen LogP contribution < -0.4 is 14.8 Å². The van der Waals surface area contributed by atoms with Gasteiger partial charge in [0.25, 0.3) is 15.9 Å². The summed E-state index contributed by atoms with van der Waals surface area (Å²) < 4.78 is 39.5. The molecule has 0 spiro atoms. The van der Waals surface area contributed by atoms with Gasteiger partial charge < -0.3 is 9.47 Å². The first kappa shape index (κ1) is 26.7. The molecule has 38 heavy (non-hydrogen) atoms. The van der Waals surface area contributed by atoms with Gasteiger partial charge in [-0.05, 0) is 48.9 Å². The van der Waals surface area contributed by atoms with Crippen LogP contribution in [0.1, 0.15) is 35.7 Å². The molecule has 0 saturated carbocycles. The second-order valence-corrected chi connectivity index (χ2v) is 10.1. The first-order chi connectivity index (χ1) is 18.3. The molecule has 4 aromatic rings. The van der Waals surface area contributed by atoms with Gasteiger partial charge in [-0.15, -0.1) is 0 Å². The lowest BCUT2D eigenvalue weighted by atomic mass is 10.1. The number of benzene rings is 3. The zero-order valence-electron chi connectivity index (χ0n) is 21.0. The third kappa shape index (κ3) is 6.30. The third-order valence-electron chi connectivity index (χ3n) is 5.77. The highest BCUT2D eigenvalue weighted by Crippen LogP contribution is 2.25. The van der Waals surface area contributed by atoms with Crippen LogP contribution >= 0.6 is 0 Å². The Labute approximate surface area is 220 Å². The molecule has 1 aromatic heterocycles. The number of sulfonamides is 1. The van der Waals surface area contributed by atoms with Crippen LogP contribution in [0.3, 0.4) is 0 Å². The van der Waals surface area contributed by atoms with Gasteiger partial charge in [0.1, 0.15) is 5.75 Å². The lowest BCUT2D eigenvalue weighted by molar-refractivity contribution is 0.0981. The fourth-order valence-corrected chi connectivity index (χ4v) is 4.75. The van der Waals surface area contributed by atoms with E-state index in [2.05, 4.69) is 15.1 Å². The van der Waals surface area contributed by atoms with Crippen molar-refractivity contribution in [3.8, 4) is 5.75 Å². The van der Waals surface area contributed by atoms with Gasteiger partial charge >= 0.3 is 6.09 Å². The Balaban J connectivity index is 1.51. The van der Waals surface area contributed by atoms with E-state index in [1.807, 2.05) is 13.0 Å². The van der Waals surface area contributed by atoms with Crippen molar-refractivity contribution in [1.82, 2.24) is 14.5 Å². The maximum absolute atomic E-state index is 12.7. The fraction of sp³-hybridized carbons (Fsp3) is 0.222. The van der Waals surface area contributed by atoms with Crippen molar-refractivity contribution in [2.24, 2.45) is 0 Å². The zero-order valence-corrected chi connectivity index (χ0v) is 21.8. The highest BCUT2D eigenvalue weighted by atomic mass is 32.2. The van der Waals surface area contributed by atoms with Crippen molar-refractivity contribution in [2.75, 3.05) is 19.0 Å². The molecule has 10 nitrogen and oxygen atoms in total. The lowest BCUT2D eigenvalue weighted by Gasteiger charge is -2.13. The average molecular weight is 537 g/mol. The summed E-state index contributed by atoms with van der Waals surface area (Å²) in [5.41, 5.74) is 2.19. The summed E-state index contributed by atoms with van der Waals surface area (Å²) in [4.78, 5) is 24.7. The average Bonchev–Trinajstić information content (AvgIpc) is 3.31. The first-order valence-corrected chi connectivity index (χ1v) is 13.5. The molecule has 0 unspecified atom stereocenters. The Kier molecular flexibility index (Phi) is 8.27. The van der Waals surface area contributed by atoms with Crippen LogP contribution in [0.2, 0.25) is 0 Å². The number of amides is 2. The van der Waals surface area contributed by atoms with Crippen molar-refractivity contribution in [3.63, 3.8) is 0 Å². The number of anilines is 1. The molecule has 0 saturated heterocycles. The second kappa shape index (κ2) is 11.8. The smallest absolute Gasteiger partial charge is 0.411 e. The molecule has 4 rings (SSSR count). The topological polar surface area (TPSA) is 129 Å². The molecule has 0 fully saturated rings. The molecule has 0 atom stereocenters. The van der Waals surface area contributed by atoms with Crippen LogP contribution in [-0.2, 0) is 21.3 Å². The first-order valence-electron chi connectivity index (χ1n) is 12.0. The van der Waals surface area contributed by atoms with Gasteiger partial charge in [0.15, 0.2) is 0 Å². The number of methoxy groups -OCH3 is 1. The quantitative estimate of drug-likeness (QED) is 0.284. The molecular weight excluding hydrogens is 508 g/mol. The van der Waals surface area contributed by atoms with E-state index in [9.17, 15) is 18.0 Å². The Hall–Kier alpha value is -4.38. The maximum Gasteiger partial charge on any atom is 0.411 e. The fourth-order valence-electron chi connectivity index (χ4n) is 3.75. The highest BCUT2D eigenvalue weighted by molar-refractivity contribution is 7.90. The molecule has 2 amide bonds. The number of aromatic nitrogens is 2. The summed E-state index contributed by atoms with van der Waals surface area (Å²) in [5.74, 6) is -0.378. The normalized spacial score (nSPS) is 11.2. The zero-order chi connectivity index (χ0) is 27.1. The number of hydrogen-bond donors (Lipinski definition) is 2. The largest absolute Gasteiger partial charge is 0.496 e. The molecule has 0 radical (unpaired) electrons. The molecular formula is C27H28N4O6S. The number of nitrogens with zero attached hydrogens (tertiary/aromatic N) is 2. The minimum absolute atomic E-state index is 0.00873. The molecule has 2 N–H and O–H groups in total. The number of fused-ring (bicyclic) bond motifs is 1. The predicted molar refractivity (Wildman–Crippen MR) is 143 cm³/mol. The van der Waals surface area contributed by atoms with E-state index in [4.69, 9.17) is 9.47 Å². The monoisotopic (exact) mass is 536 g/mol. The number of rotatable bonds is 10. The van der Waals surface area contributed by atoms with E-state index >= 15 is 0 Å². The van der Waals surface area contributed by atoms with E-state index in [0.717, 1.165) is 29.3 Å². The standard InChI is InChI=1S/C27H28N4O6S/c1-3-4-14-37-27(33)29-22-13-12-20-17-28-31(24(20)16-22)18-21-11-10-19(15-25(21)36-2)26(32)30-38(34,35)23-8-6-5-7-9-23/h5-13,15-17H,3-4,14,18H2,1-2H3,(H,29,33)(H,30,32). The summed E-state index contributed by atoms with van der Waals surface area (Å²) in [6.45, 7) is 2.68. The second-order valence-electron chi connectivity index (χ2n) is 8.46. The number of unbranched alkanes of at least 4 members (excludes halogenated alkanes) is 1. The van der Waals surface area contributed by atoms with E-state index < -0.39 is 22.0 Å². The van der Waals surface area contributed by atoms with E-state index in [1.165, 1.54) is 31.4 Å². The number of hydrogen-bond acceptors (Lipinski definition) is 7. The summed E-state index contributed by atoms with van der Waals surface area (Å²) in [6.07, 6.45) is 2.92. The van der Waals surface area contributed by atoms with Crippen LogP contribution in [0.25, 0.3) is 10.9 Å². The summed E-state index contributed by atoms with van der Waals surface area (Å²) >= 11 is 0. The van der Waals surface area contributed by atoms with Crippen LogP contribution in [0.4, 0.5) is 10.5 Å². The van der Waals surface area contributed by atoms with Gasteiger partial charge in [-0.1, -0.05) is 37.6 Å². The summed E-state index contributed by atoms with van der Waals surface area (Å²) in [7, 11) is -2.55. The van der Waals surface area contributed by atoms with Crippen molar-refractivity contribution >= 4 is 38.6 Å². The number of nitrogens with one attached hydrogen (secondary N) is 2. The van der Waals surface area contributed by atoms with Gasteiger partial charge in [-0.25, -0.2) is 17.9 Å². The van der Waals surface area contributed by atoms with Gasteiger partial charge in [0.2, 0.25) is 0 Å². The van der Waals surface area contributed by atoms with Gasteiger partial charge in [0, 0.05) is 22.2 Å². The highest BCUT2D eigenvalue weighted by Gasteiger charge is 2.20. The Bertz CT molecular complexity index is 1550. The van der Waals surface area contributed by atoms with Crippen molar-refractivity contribution in [3.05, 3.63) is 84.1 Å². The Morgan fingerprint density at radius 1 is 1.03 bits per heavy atom. The van der Waals surface area contributed by atoms with Crippen LogP contribution in [-0.4, -0.2) is 43.9 Å². The molecule has 0 bridgehead atoms. The van der Waals surface area contributed by atoms with E-state index in [1.54, 1.807) is 47.3 Å². The van der Waals surface area contributed by atoms with Crippen molar-refractivity contribution in [2.45, 2.75) is 31.2 Å². The Morgan fingerprint density at radius 2 is 1.82 bits per heavy atom. The minimum atomic E-state index is -4.02. The third-order valence-corrected chi connectivity index (χ3v) is 7.12. The predicted octanol–water partition coefficient (Wildman–Crippen LogP) is 4.56. The SMILES string of the molecule is CCCCOC(=O)Nc1ccc2cnn(Cc3ccc(C(=O)NS(=O)(=O)c4ccccc4)cc3OC)c2c1. The number of carbonyl (C=O) groups excluding carboxylic acids is 2. The van der Waals surface area contributed by atoms with Crippen molar-refractivity contribution in [1.29, 1.82) is 0 Å². The van der Waals surface area contributed by atoms with Gasteiger partial charge in [0.05, 0.1) is 36.9 Å². The van der Waals surface area contributed by atoms with Crippen LogP contribution in [0, 0.1) is 0 Å². The molecule has 3 aromatic carbocycles. The van der Waals surface area contributed by atoms with Gasteiger partial charge in [-0.3, -0.25) is 14.8 Å². The summed E-state index contributed by atoms with van der Waals surface area (Å²) in [5, 5.41) is 8.04. The molecule has 1 heterocycles. The number of carbonyl (C=O) groups is 2. The Morgan fingerprint density at radius 3 is 2.55 bits per heavy atom. The molecule has 0 aliphatic carbocycles. The molecule has 11 heteroatoms. The van der Waals surface area contributed by atoms with Crippen LogP contribution in [0.5, 0.6) is 5.75 Å². The number of ether oxygens (including phenoxy) is 2. The van der Waals surface area contributed by atoms with Gasteiger partial charge in [-0.2, -0.15) is 5.10 Å². The molecule has 0 aliphatic rings. The van der Waals surface area contributed by atoms with E-state index in [-0.39, 0.29) is 10.5 Å².